The van der Waals surface area contributed by atoms with Crippen LogP contribution in [-0.4, -0.2) is 138 Å². The maximum Gasteiger partial charge on any atom is 0.417 e. The van der Waals surface area contributed by atoms with Crippen LogP contribution in [0, 0.1) is 73.4 Å². The van der Waals surface area contributed by atoms with Gasteiger partial charge in [-0.1, -0.05) is 162 Å². The van der Waals surface area contributed by atoms with Gasteiger partial charge in [-0.2, -0.15) is 39.5 Å². The second kappa shape index (κ2) is 52.3. The number of esters is 4. The summed E-state index contributed by atoms with van der Waals surface area (Å²) >= 11 is 0. The van der Waals surface area contributed by atoms with Crippen molar-refractivity contribution in [2.24, 2.45) is 73.4 Å². The molecule has 0 aromatic rings. The van der Waals surface area contributed by atoms with E-state index in [2.05, 4.69) is 53.7 Å². The lowest BCUT2D eigenvalue weighted by atomic mass is 9.81. The number of aliphatic hydroxyl groups is 8. The summed E-state index contributed by atoms with van der Waals surface area (Å²) in [7, 11) is 1.67. The Balaban J connectivity index is -0.000000302. The normalized spacial score (nSPS) is 18.6. The van der Waals surface area contributed by atoms with Gasteiger partial charge in [0, 0.05) is 36.0 Å². The number of ether oxygens (including phenoxy) is 5. The second-order valence-electron chi connectivity index (χ2n) is 38.2. The Hall–Kier alpha value is -5.21. The van der Waals surface area contributed by atoms with Gasteiger partial charge in [-0.15, -0.1) is 0 Å². The molecule has 0 amide bonds. The Labute approximate surface area is 701 Å². The number of aliphatic hydroxyl groups excluding tert-OH is 4. The third-order valence-electron chi connectivity index (χ3n) is 23.4. The standard InChI is InChI=1S/C17H32O3.C14H25F3O3.C12H24O3.C11H17F3O.C9H16O3.C8H16O.C7H11F3O.C7H14O.C6H12O/c1-6-16(2,3)15(18)20-14(12-17(4,5)19)13-10-8-7-9-11-13;1-7-12(4,5)11(18)20-10(9(2)3)8-13(6,19)14(15,16)17;1-7-11(3,4)10(13)15-9(2)8-12(5,6)14;1-10(15,11(12,13)14)6-9-5-7-2-3-8(9)4-7;1-5-9(3,4)8(11)12-6-7(2)10;1-6-8(3,4)7(2)9-5;1-4-6(3,5(2)11)7(8,9)10;1-5-7(3,4)6(2)8;1-4-5(2)6(3)7/h13-14,19H,6-12H2,1-5H3;9-10,19H,7-8H2,1-6H3;9,14H,7-8H2,1-6H3;7-9,15H,2-6H2,1H3;10H,2,5-6H2,1,3-4H3;2,6H2,1,3-5H3;11H,2,4H2,1,3H3;8H,2,5H2,1,3-4H3;5,7H,3-4H2,1-2H3. The van der Waals surface area contributed by atoms with Crippen LogP contribution in [0.4, 0.5) is 39.5 Å². The van der Waals surface area contributed by atoms with E-state index in [1.807, 2.05) is 90.0 Å². The first kappa shape index (κ1) is 123. The lowest BCUT2D eigenvalue weighted by Crippen LogP contribution is -2.47. The van der Waals surface area contributed by atoms with E-state index in [0.717, 1.165) is 83.8 Å². The molecule has 117 heavy (non-hydrogen) atoms. The summed E-state index contributed by atoms with van der Waals surface area (Å²) in [6, 6.07) is 0. The van der Waals surface area contributed by atoms with Crippen LogP contribution in [0.15, 0.2) is 61.7 Å². The highest BCUT2D eigenvalue weighted by molar-refractivity contribution is 5.77. The minimum atomic E-state index is -4.76. The molecule has 10 atom stereocenters. The van der Waals surface area contributed by atoms with Gasteiger partial charge < -0.3 is 64.5 Å². The Kier molecular flexibility index (Phi) is 54.8. The van der Waals surface area contributed by atoms with E-state index in [1.54, 1.807) is 83.3 Å². The molecule has 3 aliphatic carbocycles. The molecule has 3 saturated carbocycles. The molecular formula is C91H167F9O17. The maximum absolute atomic E-state index is 12.7. The van der Waals surface area contributed by atoms with Crippen LogP contribution in [0.1, 0.15) is 349 Å². The SMILES string of the molecule is C=C(O)C(C)(C)CC.C=C(O)C(C)(CC)C(F)(F)F.C=C(O)C(C)CC.C=C(O)COC(=O)C(C)(C)CC.C=C(OC)C(C)(C)CC.CC(O)(CC1CC2CCC1C2)C(F)(F)F.CCC(C)(C)C(=O)OC(C)CC(C)(C)O.CCC(C)(C)C(=O)OC(CC(C)(C)O)C1CCCCC1.CCC(C)(C)C(=O)OC(CC(C)(O)C(F)(F)F)C(C)C. The highest BCUT2D eigenvalue weighted by atomic mass is 19.4. The van der Waals surface area contributed by atoms with Gasteiger partial charge in [0.15, 0.2) is 11.2 Å². The molecule has 8 N–H and O–H groups in total. The summed E-state index contributed by atoms with van der Waals surface area (Å²) in [5.74, 6) is 0.814. The van der Waals surface area contributed by atoms with E-state index in [9.17, 15) is 79.1 Å². The number of rotatable bonds is 32. The summed E-state index contributed by atoms with van der Waals surface area (Å²) in [5, 5.41) is 73.5. The lowest BCUT2D eigenvalue weighted by Gasteiger charge is -2.35. The van der Waals surface area contributed by atoms with Gasteiger partial charge >= 0.3 is 42.4 Å². The van der Waals surface area contributed by atoms with Gasteiger partial charge in [0.2, 0.25) is 0 Å². The Bertz CT molecular complexity index is 2900. The Morgan fingerprint density at radius 1 is 0.436 bits per heavy atom. The highest BCUT2D eigenvalue weighted by Crippen LogP contribution is 2.53. The first-order chi connectivity index (χ1) is 52.2. The van der Waals surface area contributed by atoms with Gasteiger partial charge in [0.05, 0.1) is 57.2 Å². The molecule has 3 rings (SSSR count). The zero-order valence-electron chi connectivity index (χ0n) is 78.4. The van der Waals surface area contributed by atoms with E-state index >= 15 is 0 Å². The third-order valence-corrected chi connectivity index (χ3v) is 23.4. The lowest BCUT2D eigenvalue weighted by molar-refractivity contribution is -0.263. The smallest absolute Gasteiger partial charge is 0.417 e. The largest absolute Gasteiger partial charge is 0.513 e. The van der Waals surface area contributed by atoms with Gasteiger partial charge in [0.1, 0.15) is 41.9 Å². The quantitative estimate of drug-likeness (QED) is 0.0135. The van der Waals surface area contributed by atoms with Gasteiger partial charge in [-0.3, -0.25) is 19.2 Å². The predicted molar refractivity (Wildman–Crippen MR) is 453 cm³/mol. The van der Waals surface area contributed by atoms with Crippen molar-refractivity contribution in [2.45, 2.75) is 409 Å². The number of hydrogen-bond donors (Lipinski definition) is 8. The van der Waals surface area contributed by atoms with E-state index in [4.69, 9.17) is 44.1 Å². The van der Waals surface area contributed by atoms with Gasteiger partial charge in [-0.05, 0) is 230 Å². The van der Waals surface area contributed by atoms with Gasteiger partial charge in [0.25, 0.3) is 0 Å². The molecule has 10 unspecified atom stereocenters. The third kappa shape index (κ3) is 49.5. The van der Waals surface area contributed by atoms with Crippen molar-refractivity contribution in [1.82, 2.24) is 0 Å². The van der Waals surface area contributed by atoms with Gasteiger partial charge in [-0.25, -0.2) is 0 Å². The molecule has 2 bridgehead atoms. The molecule has 3 fully saturated rings. The zero-order valence-corrected chi connectivity index (χ0v) is 78.4. The summed E-state index contributed by atoms with van der Waals surface area (Å²) in [6.07, 6.45) is 0.807. The molecule has 17 nitrogen and oxygen atoms in total. The van der Waals surface area contributed by atoms with Crippen molar-refractivity contribution in [1.29, 1.82) is 0 Å². The fourth-order valence-corrected chi connectivity index (χ4v) is 10.6. The molecule has 3 aliphatic rings. The van der Waals surface area contributed by atoms with Crippen molar-refractivity contribution >= 4 is 23.9 Å². The molecule has 0 aromatic heterocycles. The molecule has 0 aliphatic heterocycles. The first-order valence-electron chi connectivity index (χ1n) is 41.8. The average molecular weight is 1700 g/mol. The van der Waals surface area contributed by atoms with E-state index in [0.29, 0.717) is 56.1 Å². The van der Waals surface area contributed by atoms with Crippen LogP contribution in [0.25, 0.3) is 0 Å². The van der Waals surface area contributed by atoms with Crippen LogP contribution >= 0.6 is 0 Å². The fraction of sp³-hybridized carbons (Fsp3) is 0.846. The Morgan fingerprint density at radius 3 is 1.07 bits per heavy atom. The van der Waals surface area contributed by atoms with Crippen molar-refractivity contribution in [3.63, 3.8) is 0 Å². The molecule has 0 spiro atoms. The number of fused-ring (bicyclic) bond motifs is 2. The molecule has 0 radical (unpaired) electrons. The second-order valence-corrected chi connectivity index (χ2v) is 38.2. The van der Waals surface area contributed by atoms with Crippen molar-refractivity contribution < 1.29 is 123 Å². The number of carbonyl (C=O) groups is 4. The highest BCUT2D eigenvalue weighted by Gasteiger charge is 2.55. The summed E-state index contributed by atoms with van der Waals surface area (Å²) in [6.45, 7) is 71.2. The Morgan fingerprint density at radius 2 is 0.821 bits per heavy atom. The molecule has 0 saturated heterocycles. The minimum Gasteiger partial charge on any atom is -0.513 e. The van der Waals surface area contributed by atoms with E-state index < -0.39 is 92.3 Å². The summed E-state index contributed by atoms with van der Waals surface area (Å²) in [5.41, 5.74) is -11.2. The maximum atomic E-state index is 12.7. The minimum absolute atomic E-state index is 0.0837. The number of methoxy groups -OCH3 is 1. The van der Waals surface area contributed by atoms with E-state index in [1.165, 1.54) is 32.6 Å². The van der Waals surface area contributed by atoms with Crippen LogP contribution in [0.2, 0.25) is 0 Å². The number of hydrogen-bond acceptors (Lipinski definition) is 17. The number of allylic oxidation sites excluding steroid dienone is 4. The van der Waals surface area contributed by atoms with Crippen LogP contribution in [-0.2, 0) is 42.9 Å². The van der Waals surface area contributed by atoms with Crippen molar-refractivity contribution in [3.05, 3.63) is 61.7 Å². The number of halogens is 9. The monoisotopic (exact) mass is 1700 g/mol. The summed E-state index contributed by atoms with van der Waals surface area (Å²) in [4.78, 5) is 47.2. The van der Waals surface area contributed by atoms with Crippen molar-refractivity contribution in [2.75, 3.05) is 13.7 Å². The molecular weight excluding hydrogens is 1540 g/mol. The molecule has 0 heterocycles. The number of carbonyl (C=O) groups excluding carboxylic acids is 4. The zero-order chi connectivity index (χ0) is 94.5. The fourth-order valence-electron chi connectivity index (χ4n) is 10.6. The molecule has 696 valence electrons. The predicted octanol–water partition coefficient (Wildman–Crippen LogP) is 25.7. The van der Waals surface area contributed by atoms with Crippen LogP contribution in [0.3, 0.4) is 0 Å². The molecule has 0 aromatic carbocycles. The summed E-state index contributed by atoms with van der Waals surface area (Å²) < 4.78 is 138. The first-order valence-corrected chi connectivity index (χ1v) is 41.8. The van der Waals surface area contributed by atoms with Crippen LogP contribution < -0.4 is 0 Å². The van der Waals surface area contributed by atoms with Crippen LogP contribution in [0.5, 0.6) is 0 Å². The van der Waals surface area contributed by atoms with E-state index in [-0.39, 0.29) is 89.7 Å². The average Bonchev–Trinajstić information content (AvgIpc) is 1.63. The number of alkyl halides is 9. The topological polar surface area (TPSA) is 276 Å². The van der Waals surface area contributed by atoms with Crippen molar-refractivity contribution in [3.8, 4) is 0 Å². The molecule has 26 heteroatoms.